The molecule has 0 amide bonds. The molecule has 21 heavy (non-hydrogen) atoms. The number of rotatable bonds is 7. The lowest BCUT2D eigenvalue weighted by atomic mass is 10.1. The molecule has 0 aliphatic carbocycles. The molecule has 1 atom stereocenters. The van der Waals surface area contributed by atoms with Crippen molar-refractivity contribution in [1.29, 1.82) is 0 Å². The molecule has 1 aromatic heterocycles. The van der Waals surface area contributed by atoms with Gasteiger partial charge in [0.05, 0.1) is 4.90 Å². The second-order valence-electron chi connectivity index (χ2n) is 5.57. The van der Waals surface area contributed by atoms with E-state index in [0.29, 0.717) is 11.4 Å². The number of carbonyl (C=O) groups is 1. The van der Waals surface area contributed by atoms with E-state index >= 15 is 0 Å². The molecule has 0 radical (unpaired) electrons. The lowest BCUT2D eigenvalue weighted by molar-refractivity contribution is 0.0702. The third-order valence-corrected chi connectivity index (χ3v) is 5.83. The second kappa shape index (κ2) is 6.87. The molecule has 0 aliphatic heterocycles. The molecule has 0 aromatic carbocycles. The summed E-state index contributed by atoms with van der Waals surface area (Å²) in [6.07, 6.45) is 0. The Balaban J connectivity index is 3.07. The minimum absolute atomic E-state index is 0.0292. The molecule has 0 aliphatic rings. The smallest absolute Gasteiger partial charge is 0.345 e. The van der Waals surface area contributed by atoms with Gasteiger partial charge in [0.15, 0.2) is 0 Å². The highest BCUT2D eigenvalue weighted by molar-refractivity contribution is 7.89. The first kappa shape index (κ1) is 18.1. The molecule has 1 aromatic rings. The van der Waals surface area contributed by atoms with Crippen LogP contribution in [0.15, 0.2) is 11.0 Å². The number of carboxylic acid groups (broad SMARTS) is 1. The van der Waals surface area contributed by atoms with Gasteiger partial charge in [-0.15, -0.1) is 11.3 Å². The summed E-state index contributed by atoms with van der Waals surface area (Å²) in [5, 5.41) is 8.97. The van der Waals surface area contributed by atoms with Crippen LogP contribution in [-0.2, 0) is 10.0 Å². The van der Waals surface area contributed by atoms with E-state index in [-0.39, 0.29) is 21.7 Å². The predicted molar refractivity (Wildman–Crippen MR) is 83.5 cm³/mol. The van der Waals surface area contributed by atoms with Gasteiger partial charge in [0.2, 0.25) is 10.0 Å². The first-order valence-electron chi connectivity index (χ1n) is 6.55. The molecule has 0 spiro atoms. The van der Waals surface area contributed by atoms with E-state index < -0.39 is 16.0 Å². The molecule has 6 nitrogen and oxygen atoms in total. The average Bonchev–Trinajstić information content (AvgIpc) is 2.70. The second-order valence-corrected chi connectivity index (χ2v) is 8.51. The normalized spacial score (nSPS) is 13.9. The number of likely N-dealkylation sites (N-methyl/N-ethyl adjacent to an activating group) is 1. The molecular formula is C13H22N2O4S2. The van der Waals surface area contributed by atoms with Crippen LogP contribution in [0.3, 0.4) is 0 Å². The summed E-state index contributed by atoms with van der Waals surface area (Å²) in [6.45, 7) is 6.08. The van der Waals surface area contributed by atoms with Crippen molar-refractivity contribution in [3.05, 3.63) is 15.8 Å². The maximum absolute atomic E-state index is 12.5. The van der Waals surface area contributed by atoms with E-state index in [2.05, 4.69) is 4.72 Å². The molecule has 0 fully saturated rings. The summed E-state index contributed by atoms with van der Waals surface area (Å²) in [5.41, 5.74) is 0. The molecule has 8 heteroatoms. The van der Waals surface area contributed by atoms with Gasteiger partial charge in [-0.3, -0.25) is 0 Å². The van der Waals surface area contributed by atoms with Gasteiger partial charge in [-0.05, 0) is 33.0 Å². The maximum atomic E-state index is 12.5. The number of thiophene rings is 1. The van der Waals surface area contributed by atoms with Gasteiger partial charge in [0, 0.05) is 17.5 Å². The van der Waals surface area contributed by atoms with Crippen molar-refractivity contribution in [3.63, 3.8) is 0 Å². The van der Waals surface area contributed by atoms with Crippen molar-refractivity contribution < 1.29 is 18.3 Å². The Morgan fingerprint density at radius 1 is 1.43 bits per heavy atom. The van der Waals surface area contributed by atoms with Crippen LogP contribution in [0.5, 0.6) is 0 Å². The Labute approximate surface area is 129 Å². The molecule has 1 unspecified atom stereocenters. The van der Waals surface area contributed by atoms with Crippen LogP contribution in [0.4, 0.5) is 0 Å². The Morgan fingerprint density at radius 3 is 2.38 bits per heavy atom. The fourth-order valence-corrected chi connectivity index (χ4v) is 4.68. The van der Waals surface area contributed by atoms with Crippen LogP contribution in [-0.4, -0.2) is 51.1 Å². The Bertz CT molecular complexity index is 606. The first-order valence-corrected chi connectivity index (χ1v) is 8.85. The third kappa shape index (κ3) is 4.77. The van der Waals surface area contributed by atoms with Gasteiger partial charge >= 0.3 is 5.97 Å². The molecule has 1 rings (SSSR count). The van der Waals surface area contributed by atoms with Crippen molar-refractivity contribution >= 4 is 27.3 Å². The van der Waals surface area contributed by atoms with Crippen LogP contribution in [0.1, 0.15) is 28.4 Å². The number of hydrogen-bond acceptors (Lipinski definition) is 5. The van der Waals surface area contributed by atoms with Crippen LogP contribution < -0.4 is 4.72 Å². The number of nitrogens with zero attached hydrogens (tertiary/aromatic N) is 1. The fourth-order valence-electron chi connectivity index (χ4n) is 1.88. The number of carboxylic acids is 1. The summed E-state index contributed by atoms with van der Waals surface area (Å²) in [4.78, 5) is 13.4. The number of hydrogen-bond donors (Lipinski definition) is 2. The highest BCUT2D eigenvalue weighted by atomic mass is 32.2. The van der Waals surface area contributed by atoms with E-state index in [0.717, 1.165) is 11.3 Å². The molecule has 120 valence electrons. The summed E-state index contributed by atoms with van der Waals surface area (Å²) in [6, 6.07) is 0.982. The van der Waals surface area contributed by atoms with E-state index in [1.807, 2.05) is 32.8 Å². The zero-order valence-electron chi connectivity index (χ0n) is 12.9. The van der Waals surface area contributed by atoms with Gasteiger partial charge in [0.1, 0.15) is 4.88 Å². The monoisotopic (exact) mass is 334 g/mol. The third-order valence-electron chi connectivity index (χ3n) is 3.05. The Kier molecular flexibility index (Phi) is 5.92. The van der Waals surface area contributed by atoms with Crippen molar-refractivity contribution in [2.24, 2.45) is 5.92 Å². The zero-order chi connectivity index (χ0) is 16.4. The predicted octanol–water partition coefficient (Wildman–Crippen LogP) is 1.62. The standard InChI is InChI=1S/C13H22N2O4S2/c1-8(2)10(7-15(4)5)14-21(18,19)12-6-11(13(16)17)20-9(12)3/h6,8,10,14H,7H2,1-5H3,(H,16,17). The van der Waals surface area contributed by atoms with E-state index in [1.165, 1.54) is 6.07 Å². The Hall–Kier alpha value is -0.960. The average molecular weight is 334 g/mol. The molecule has 0 bridgehead atoms. The van der Waals surface area contributed by atoms with Crippen molar-refractivity contribution in [2.45, 2.75) is 31.7 Å². The highest BCUT2D eigenvalue weighted by Crippen LogP contribution is 2.26. The first-order chi connectivity index (χ1) is 9.54. The number of aryl methyl sites for hydroxylation is 1. The largest absolute Gasteiger partial charge is 0.477 e. The van der Waals surface area contributed by atoms with E-state index in [9.17, 15) is 13.2 Å². The fraction of sp³-hybridized carbons (Fsp3) is 0.615. The lowest BCUT2D eigenvalue weighted by Gasteiger charge is -2.25. The Morgan fingerprint density at radius 2 is 2.00 bits per heavy atom. The van der Waals surface area contributed by atoms with Crippen molar-refractivity contribution in [2.75, 3.05) is 20.6 Å². The topological polar surface area (TPSA) is 86.7 Å². The lowest BCUT2D eigenvalue weighted by Crippen LogP contribution is -2.44. The quantitative estimate of drug-likeness (QED) is 0.791. The van der Waals surface area contributed by atoms with Crippen LogP contribution in [0.25, 0.3) is 0 Å². The van der Waals surface area contributed by atoms with Gasteiger partial charge in [-0.2, -0.15) is 0 Å². The van der Waals surface area contributed by atoms with Crippen LogP contribution >= 0.6 is 11.3 Å². The van der Waals surface area contributed by atoms with Gasteiger partial charge in [-0.25, -0.2) is 17.9 Å². The summed E-state index contributed by atoms with van der Waals surface area (Å²) >= 11 is 0.970. The van der Waals surface area contributed by atoms with E-state index in [1.54, 1.807) is 6.92 Å². The maximum Gasteiger partial charge on any atom is 0.345 e. The summed E-state index contributed by atoms with van der Waals surface area (Å²) in [5.74, 6) is -0.988. The van der Waals surface area contributed by atoms with Crippen LogP contribution in [0.2, 0.25) is 0 Å². The molecule has 0 saturated carbocycles. The highest BCUT2D eigenvalue weighted by Gasteiger charge is 2.26. The van der Waals surface area contributed by atoms with Crippen molar-refractivity contribution in [1.82, 2.24) is 9.62 Å². The van der Waals surface area contributed by atoms with E-state index in [4.69, 9.17) is 5.11 Å². The molecular weight excluding hydrogens is 312 g/mol. The van der Waals surface area contributed by atoms with Gasteiger partial charge in [0.25, 0.3) is 0 Å². The SMILES string of the molecule is Cc1sc(C(=O)O)cc1S(=O)(=O)NC(CN(C)C)C(C)C. The summed E-state index contributed by atoms with van der Waals surface area (Å²) in [7, 11) is 0.0310. The number of sulfonamides is 1. The minimum atomic E-state index is -3.72. The van der Waals surface area contributed by atoms with Crippen molar-refractivity contribution in [3.8, 4) is 0 Å². The van der Waals surface area contributed by atoms with Gasteiger partial charge in [-0.1, -0.05) is 13.8 Å². The molecule has 2 N–H and O–H groups in total. The number of nitrogens with one attached hydrogen (secondary N) is 1. The zero-order valence-corrected chi connectivity index (χ0v) is 14.5. The summed E-state index contributed by atoms with van der Waals surface area (Å²) < 4.78 is 27.6. The van der Waals surface area contributed by atoms with Crippen LogP contribution in [0, 0.1) is 12.8 Å². The molecule has 1 heterocycles. The van der Waals surface area contributed by atoms with Gasteiger partial charge < -0.3 is 10.0 Å². The minimum Gasteiger partial charge on any atom is -0.477 e. The molecule has 0 saturated heterocycles. The number of aromatic carboxylic acids is 1.